The molecule has 2 rings (SSSR count). The summed E-state index contributed by atoms with van der Waals surface area (Å²) in [5.41, 5.74) is 1.06. The third-order valence-electron chi connectivity index (χ3n) is 2.54. The van der Waals surface area contributed by atoms with Crippen LogP contribution in [0.15, 0.2) is 41.1 Å². The van der Waals surface area contributed by atoms with Crippen molar-refractivity contribution < 1.29 is 13.5 Å². The fraction of sp³-hybridized carbons (Fsp3) is 0.214. The fourth-order valence-corrected chi connectivity index (χ4v) is 2.15. The highest BCUT2D eigenvalue weighted by Gasteiger charge is 2.10. The lowest BCUT2D eigenvalue weighted by Crippen LogP contribution is -2.21. The molecule has 20 heavy (non-hydrogen) atoms. The summed E-state index contributed by atoms with van der Waals surface area (Å²) in [6.45, 7) is 1.48. The number of hydrogen-bond acceptors (Lipinski definition) is 3. The van der Waals surface area contributed by atoms with Crippen LogP contribution in [0.25, 0.3) is 0 Å². The van der Waals surface area contributed by atoms with E-state index in [1.54, 1.807) is 12.4 Å². The predicted molar refractivity (Wildman–Crippen MR) is 75.5 cm³/mol. The van der Waals surface area contributed by atoms with E-state index in [1.165, 1.54) is 6.07 Å². The molecule has 0 unspecified atom stereocenters. The van der Waals surface area contributed by atoms with E-state index >= 15 is 0 Å². The van der Waals surface area contributed by atoms with Gasteiger partial charge in [0.25, 0.3) is 0 Å². The van der Waals surface area contributed by atoms with E-state index in [9.17, 15) is 8.78 Å². The van der Waals surface area contributed by atoms with Crippen molar-refractivity contribution in [2.75, 3.05) is 13.2 Å². The molecule has 0 amide bonds. The second-order valence-electron chi connectivity index (χ2n) is 4.09. The Balaban J connectivity index is 1.76. The molecule has 0 bridgehead atoms. The van der Waals surface area contributed by atoms with Gasteiger partial charge in [-0.05, 0) is 33.6 Å². The first-order chi connectivity index (χ1) is 9.66. The van der Waals surface area contributed by atoms with Crippen molar-refractivity contribution in [2.45, 2.75) is 6.54 Å². The zero-order valence-electron chi connectivity index (χ0n) is 10.6. The van der Waals surface area contributed by atoms with E-state index in [2.05, 4.69) is 26.2 Å². The van der Waals surface area contributed by atoms with Crippen molar-refractivity contribution in [3.05, 3.63) is 58.3 Å². The maximum Gasteiger partial charge on any atom is 0.169 e. The fourth-order valence-electron chi connectivity index (χ4n) is 1.63. The van der Waals surface area contributed by atoms with Crippen LogP contribution in [-0.2, 0) is 6.54 Å². The lowest BCUT2D eigenvalue weighted by molar-refractivity contribution is 0.295. The molecule has 0 saturated heterocycles. The van der Waals surface area contributed by atoms with Crippen molar-refractivity contribution >= 4 is 15.9 Å². The minimum absolute atomic E-state index is 0.0228. The molecule has 1 heterocycles. The van der Waals surface area contributed by atoms with Crippen LogP contribution in [0.5, 0.6) is 5.75 Å². The normalized spacial score (nSPS) is 10.6. The molecule has 1 aromatic carbocycles. The smallest absolute Gasteiger partial charge is 0.169 e. The maximum absolute atomic E-state index is 13.5. The van der Waals surface area contributed by atoms with Gasteiger partial charge in [-0.15, -0.1) is 0 Å². The molecule has 0 aliphatic heterocycles. The van der Waals surface area contributed by atoms with E-state index in [1.807, 2.05) is 12.1 Å². The highest BCUT2D eigenvalue weighted by atomic mass is 79.9. The number of nitrogens with zero attached hydrogens (tertiary/aromatic N) is 1. The molecule has 0 aliphatic rings. The van der Waals surface area contributed by atoms with Crippen LogP contribution in [0, 0.1) is 11.6 Å². The number of benzene rings is 1. The van der Waals surface area contributed by atoms with Crippen molar-refractivity contribution in [1.29, 1.82) is 0 Å². The Morgan fingerprint density at radius 2 is 2.15 bits per heavy atom. The molecule has 0 spiro atoms. The SMILES string of the molecule is Fc1cc(F)c(OCCNCc2cccnc2)c(Br)c1. The third kappa shape index (κ3) is 4.25. The van der Waals surface area contributed by atoms with Gasteiger partial charge in [-0.2, -0.15) is 0 Å². The quantitative estimate of drug-likeness (QED) is 0.818. The molecule has 106 valence electrons. The van der Waals surface area contributed by atoms with Crippen LogP contribution < -0.4 is 10.1 Å². The molecular weight excluding hydrogens is 330 g/mol. The second-order valence-corrected chi connectivity index (χ2v) is 4.94. The standard InChI is InChI=1S/C14H13BrF2N2O/c15-12-6-11(16)7-13(17)14(12)20-5-4-19-9-10-2-1-3-18-8-10/h1-3,6-8,19H,4-5,9H2. The van der Waals surface area contributed by atoms with Crippen molar-refractivity contribution in [3.8, 4) is 5.75 Å². The maximum atomic E-state index is 13.5. The van der Waals surface area contributed by atoms with Crippen molar-refractivity contribution in [2.24, 2.45) is 0 Å². The molecule has 3 nitrogen and oxygen atoms in total. The molecule has 0 aliphatic carbocycles. The Hall–Kier alpha value is -1.53. The zero-order valence-corrected chi connectivity index (χ0v) is 12.2. The number of rotatable bonds is 6. The first kappa shape index (κ1) is 14.9. The number of ether oxygens (including phenoxy) is 1. The Morgan fingerprint density at radius 1 is 1.30 bits per heavy atom. The Kier molecular flexibility index (Phi) is 5.43. The summed E-state index contributed by atoms with van der Waals surface area (Å²) < 4.78 is 31.9. The van der Waals surface area contributed by atoms with Crippen molar-refractivity contribution in [3.63, 3.8) is 0 Å². The summed E-state index contributed by atoms with van der Waals surface area (Å²) >= 11 is 3.07. The van der Waals surface area contributed by atoms with E-state index in [0.717, 1.165) is 11.6 Å². The van der Waals surface area contributed by atoms with Gasteiger partial charge in [0.2, 0.25) is 0 Å². The van der Waals surface area contributed by atoms with Gasteiger partial charge < -0.3 is 10.1 Å². The zero-order chi connectivity index (χ0) is 14.4. The van der Waals surface area contributed by atoms with Gasteiger partial charge in [-0.1, -0.05) is 6.07 Å². The van der Waals surface area contributed by atoms with E-state index in [4.69, 9.17) is 4.74 Å². The summed E-state index contributed by atoms with van der Waals surface area (Å²) in [6.07, 6.45) is 3.48. The minimum atomic E-state index is -0.718. The van der Waals surface area contributed by atoms with Crippen molar-refractivity contribution in [1.82, 2.24) is 10.3 Å². The predicted octanol–water partition coefficient (Wildman–Crippen LogP) is 3.29. The molecule has 1 N–H and O–H groups in total. The van der Waals surface area contributed by atoms with Crippen LogP contribution in [0.3, 0.4) is 0 Å². The molecule has 0 fully saturated rings. The molecule has 0 atom stereocenters. The topological polar surface area (TPSA) is 34.1 Å². The van der Waals surface area contributed by atoms with Gasteiger partial charge in [-0.3, -0.25) is 4.98 Å². The summed E-state index contributed by atoms with van der Waals surface area (Å²) in [5.74, 6) is -1.34. The second kappa shape index (κ2) is 7.31. The first-order valence-electron chi connectivity index (χ1n) is 6.04. The summed E-state index contributed by atoms with van der Waals surface area (Å²) in [6, 6.07) is 5.78. The van der Waals surface area contributed by atoms with Crippen LogP contribution in [0.1, 0.15) is 5.56 Å². The number of pyridine rings is 1. The Labute approximate surface area is 124 Å². The molecular formula is C14H13BrF2N2O. The number of halogens is 3. The van der Waals surface area contributed by atoms with Crippen LogP contribution >= 0.6 is 15.9 Å². The summed E-state index contributed by atoms with van der Waals surface area (Å²) in [4.78, 5) is 4.00. The largest absolute Gasteiger partial charge is 0.488 e. The lowest BCUT2D eigenvalue weighted by atomic mass is 10.3. The number of nitrogens with one attached hydrogen (secondary N) is 1. The van der Waals surface area contributed by atoms with Crippen LogP contribution in [0.2, 0.25) is 0 Å². The van der Waals surface area contributed by atoms with Gasteiger partial charge >= 0.3 is 0 Å². The molecule has 0 saturated carbocycles. The third-order valence-corrected chi connectivity index (χ3v) is 3.13. The number of aromatic nitrogens is 1. The van der Waals surface area contributed by atoms with Gasteiger partial charge in [0.15, 0.2) is 11.6 Å². The monoisotopic (exact) mass is 342 g/mol. The number of hydrogen-bond donors (Lipinski definition) is 1. The lowest BCUT2D eigenvalue weighted by Gasteiger charge is -2.10. The van der Waals surface area contributed by atoms with E-state index in [0.29, 0.717) is 13.1 Å². The molecule has 6 heteroatoms. The van der Waals surface area contributed by atoms with Crippen LogP contribution in [0.4, 0.5) is 8.78 Å². The van der Waals surface area contributed by atoms with Gasteiger partial charge in [0.1, 0.15) is 12.4 Å². The summed E-state index contributed by atoms with van der Waals surface area (Å²) in [5, 5.41) is 3.15. The van der Waals surface area contributed by atoms with Gasteiger partial charge in [-0.25, -0.2) is 8.78 Å². The Bertz CT molecular complexity index is 543. The molecule has 0 radical (unpaired) electrons. The first-order valence-corrected chi connectivity index (χ1v) is 6.83. The van der Waals surface area contributed by atoms with E-state index < -0.39 is 11.6 Å². The average Bonchev–Trinajstić information content (AvgIpc) is 2.42. The Morgan fingerprint density at radius 3 is 2.85 bits per heavy atom. The van der Waals surface area contributed by atoms with Gasteiger partial charge in [0.05, 0.1) is 4.47 Å². The average molecular weight is 343 g/mol. The van der Waals surface area contributed by atoms with Crippen LogP contribution in [-0.4, -0.2) is 18.1 Å². The van der Waals surface area contributed by atoms with E-state index in [-0.39, 0.29) is 16.8 Å². The highest BCUT2D eigenvalue weighted by Crippen LogP contribution is 2.28. The van der Waals surface area contributed by atoms with Gasteiger partial charge in [0, 0.05) is 31.5 Å². The minimum Gasteiger partial charge on any atom is -0.488 e. The highest BCUT2D eigenvalue weighted by molar-refractivity contribution is 9.10. The molecule has 1 aromatic heterocycles. The summed E-state index contributed by atoms with van der Waals surface area (Å²) in [7, 11) is 0. The molecule has 2 aromatic rings.